The lowest BCUT2D eigenvalue weighted by Crippen LogP contribution is -2.37. The fraction of sp³-hybridized carbons (Fsp3) is 0.222. The van der Waals surface area contributed by atoms with E-state index < -0.39 is 29.0 Å². The quantitative estimate of drug-likeness (QED) is 0.813. The smallest absolute Gasteiger partial charge is 0.325 e. The molecule has 9 heteroatoms. The van der Waals surface area contributed by atoms with Gasteiger partial charge < -0.3 is 15.0 Å². The van der Waals surface area contributed by atoms with Gasteiger partial charge in [-0.3, -0.25) is 9.69 Å². The Balaban J connectivity index is 1.63. The fourth-order valence-corrected chi connectivity index (χ4v) is 2.72. The highest BCUT2D eigenvalue weighted by molar-refractivity contribution is 5.99. The first-order valence-electron chi connectivity index (χ1n) is 8.04. The Labute approximate surface area is 153 Å². The lowest BCUT2D eigenvalue weighted by atomic mass is 10.2. The molecule has 1 heterocycles. The number of carbonyl (C=O) groups excluding carboxylic acids is 2. The van der Waals surface area contributed by atoms with Crippen molar-refractivity contribution in [2.45, 2.75) is 0 Å². The normalized spacial score (nSPS) is 13.9. The molecule has 142 valence electrons. The highest BCUT2D eigenvalue weighted by atomic mass is 19.2. The molecule has 2 aromatic rings. The molecule has 3 amide bonds. The molecular formula is C18H16F3N3O3. The van der Waals surface area contributed by atoms with Crippen LogP contribution in [0.1, 0.15) is 0 Å². The molecule has 6 nitrogen and oxygen atoms in total. The summed E-state index contributed by atoms with van der Waals surface area (Å²) < 4.78 is 44.9. The van der Waals surface area contributed by atoms with E-state index >= 15 is 0 Å². The highest BCUT2D eigenvalue weighted by Crippen LogP contribution is 2.23. The summed E-state index contributed by atoms with van der Waals surface area (Å²) in [6.07, 6.45) is 0. The second-order valence-corrected chi connectivity index (χ2v) is 5.82. The fourth-order valence-electron chi connectivity index (χ4n) is 2.72. The van der Waals surface area contributed by atoms with Crippen molar-refractivity contribution in [3.63, 3.8) is 0 Å². The molecule has 0 bridgehead atoms. The molecular weight excluding hydrogens is 363 g/mol. The number of ether oxygens (including phenoxy) is 1. The van der Waals surface area contributed by atoms with Gasteiger partial charge in [-0.05, 0) is 36.4 Å². The zero-order chi connectivity index (χ0) is 19.6. The maximum absolute atomic E-state index is 13.6. The molecule has 1 fully saturated rings. The average Bonchev–Trinajstić information content (AvgIpc) is 3.02. The van der Waals surface area contributed by atoms with Gasteiger partial charge in [0.25, 0.3) is 0 Å². The molecule has 1 N–H and O–H groups in total. The number of rotatable bonds is 5. The van der Waals surface area contributed by atoms with Crippen LogP contribution in [0.4, 0.5) is 29.3 Å². The number of nitrogens with zero attached hydrogens (tertiary/aromatic N) is 2. The van der Waals surface area contributed by atoms with E-state index in [0.717, 1.165) is 6.07 Å². The van der Waals surface area contributed by atoms with Crippen molar-refractivity contribution in [1.29, 1.82) is 0 Å². The van der Waals surface area contributed by atoms with Crippen LogP contribution < -0.4 is 15.0 Å². The number of urea groups is 1. The van der Waals surface area contributed by atoms with Gasteiger partial charge in [-0.1, -0.05) is 0 Å². The third-order valence-electron chi connectivity index (χ3n) is 4.12. The summed E-state index contributed by atoms with van der Waals surface area (Å²) in [6, 6.07) is 8.10. The number of amides is 3. The summed E-state index contributed by atoms with van der Waals surface area (Å²) in [4.78, 5) is 27.3. The Morgan fingerprint density at radius 1 is 1.07 bits per heavy atom. The van der Waals surface area contributed by atoms with Gasteiger partial charge in [0, 0.05) is 18.8 Å². The summed E-state index contributed by atoms with van der Waals surface area (Å²) >= 11 is 0. The van der Waals surface area contributed by atoms with Crippen molar-refractivity contribution in [1.82, 2.24) is 4.90 Å². The predicted octanol–water partition coefficient (Wildman–Crippen LogP) is 2.99. The number of benzene rings is 2. The summed E-state index contributed by atoms with van der Waals surface area (Å²) in [5.74, 6) is -4.58. The van der Waals surface area contributed by atoms with Gasteiger partial charge in [-0.15, -0.1) is 0 Å². The molecule has 0 unspecified atom stereocenters. The van der Waals surface area contributed by atoms with Crippen molar-refractivity contribution in [2.75, 3.05) is 37.0 Å². The minimum Gasteiger partial charge on any atom is -0.497 e. The van der Waals surface area contributed by atoms with Gasteiger partial charge in [0.15, 0.2) is 17.5 Å². The number of anilines is 2. The molecule has 27 heavy (non-hydrogen) atoms. The predicted molar refractivity (Wildman–Crippen MR) is 92.3 cm³/mol. The molecule has 0 atom stereocenters. The van der Waals surface area contributed by atoms with Crippen LogP contribution in [0.5, 0.6) is 5.75 Å². The van der Waals surface area contributed by atoms with Crippen molar-refractivity contribution < 1.29 is 27.5 Å². The van der Waals surface area contributed by atoms with E-state index in [-0.39, 0.29) is 12.6 Å². The van der Waals surface area contributed by atoms with E-state index in [0.29, 0.717) is 30.6 Å². The molecule has 1 aliphatic rings. The first kappa shape index (κ1) is 18.6. The first-order valence-corrected chi connectivity index (χ1v) is 8.04. The van der Waals surface area contributed by atoms with Crippen molar-refractivity contribution in [3.05, 3.63) is 53.8 Å². The van der Waals surface area contributed by atoms with Crippen molar-refractivity contribution in [3.8, 4) is 5.75 Å². The first-order chi connectivity index (χ1) is 12.9. The number of methoxy groups -OCH3 is 1. The Morgan fingerprint density at radius 3 is 2.44 bits per heavy atom. The second kappa shape index (κ2) is 7.56. The molecule has 0 saturated carbocycles. The highest BCUT2D eigenvalue weighted by Gasteiger charge is 2.31. The third-order valence-corrected chi connectivity index (χ3v) is 4.12. The van der Waals surface area contributed by atoms with Crippen molar-refractivity contribution >= 4 is 23.3 Å². The summed E-state index contributed by atoms with van der Waals surface area (Å²) in [5.41, 5.74) is 0.160. The third kappa shape index (κ3) is 3.81. The molecule has 0 spiro atoms. The van der Waals surface area contributed by atoms with E-state index in [2.05, 4.69) is 5.32 Å². The maximum Gasteiger partial charge on any atom is 0.325 e. The van der Waals surface area contributed by atoms with Crippen LogP contribution in [0, 0.1) is 17.5 Å². The Kier molecular flexibility index (Phi) is 5.20. The van der Waals surface area contributed by atoms with Crippen LogP contribution in [0.15, 0.2) is 36.4 Å². The van der Waals surface area contributed by atoms with Crippen LogP contribution >= 0.6 is 0 Å². The summed E-state index contributed by atoms with van der Waals surface area (Å²) in [7, 11) is 1.53. The van der Waals surface area contributed by atoms with Gasteiger partial charge in [0.05, 0.1) is 12.8 Å². The molecule has 0 radical (unpaired) electrons. The number of nitrogens with one attached hydrogen (secondary N) is 1. The van der Waals surface area contributed by atoms with Gasteiger partial charge in [-0.25, -0.2) is 18.0 Å². The van der Waals surface area contributed by atoms with Crippen LogP contribution in [-0.4, -0.2) is 43.6 Å². The largest absolute Gasteiger partial charge is 0.497 e. The second-order valence-electron chi connectivity index (χ2n) is 5.82. The van der Waals surface area contributed by atoms with Gasteiger partial charge in [-0.2, -0.15) is 0 Å². The van der Waals surface area contributed by atoms with Gasteiger partial charge in [0.1, 0.15) is 12.3 Å². The molecule has 0 aromatic heterocycles. The van der Waals surface area contributed by atoms with E-state index in [9.17, 15) is 22.8 Å². The summed E-state index contributed by atoms with van der Waals surface area (Å²) in [6.45, 7) is 0.320. The number of halogens is 3. The number of hydrogen-bond donors (Lipinski definition) is 1. The molecule has 3 rings (SSSR count). The minimum absolute atomic E-state index is 0.290. The standard InChI is InChI=1S/C18H16F3N3O3/c1-27-12-4-2-11(3-5-12)24-9-8-23(18(24)26)10-15(25)22-14-7-6-13(19)16(20)17(14)21/h2-7H,8-10H2,1H3,(H,22,25). The zero-order valence-electron chi connectivity index (χ0n) is 14.3. The van der Waals surface area contributed by atoms with E-state index in [4.69, 9.17) is 4.74 Å². The van der Waals surface area contributed by atoms with Crippen molar-refractivity contribution in [2.24, 2.45) is 0 Å². The lowest BCUT2D eigenvalue weighted by Gasteiger charge is -2.18. The monoisotopic (exact) mass is 379 g/mol. The molecule has 1 aliphatic heterocycles. The lowest BCUT2D eigenvalue weighted by molar-refractivity contribution is -0.116. The van der Waals surface area contributed by atoms with E-state index in [1.54, 1.807) is 24.3 Å². The molecule has 0 aliphatic carbocycles. The van der Waals surface area contributed by atoms with Crippen LogP contribution in [0.3, 0.4) is 0 Å². The Hall–Kier alpha value is -3.23. The minimum atomic E-state index is -1.67. The Bertz CT molecular complexity index is 874. The van der Waals surface area contributed by atoms with Crippen LogP contribution in [-0.2, 0) is 4.79 Å². The van der Waals surface area contributed by atoms with Gasteiger partial charge in [0.2, 0.25) is 5.91 Å². The van der Waals surface area contributed by atoms with E-state index in [1.807, 2.05) is 0 Å². The average molecular weight is 379 g/mol. The zero-order valence-corrected chi connectivity index (χ0v) is 14.3. The summed E-state index contributed by atoms with van der Waals surface area (Å²) in [5, 5.41) is 2.15. The van der Waals surface area contributed by atoms with Crippen LogP contribution in [0.25, 0.3) is 0 Å². The topological polar surface area (TPSA) is 61.9 Å². The molecule has 2 aromatic carbocycles. The SMILES string of the molecule is COc1ccc(N2CCN(CC(=O)Nc3ccc(F)c(F)c3F)C2=O)cc1. The Morgan fingerprint density at radius 2 is 1.78 bits per heavy atom. The number of carbonyl (C=O) groups is 2. The molecule has 1 saturated heterocycles. The van der Waals surface area contributed by atoms with E-state index in [1.165, 1.54) is 16.9 Å². The van der Waals surface area contributed by atoms with Gasteiger partial charge >= 0.3 is 6.03 Å². The van der Waals surface area contributed by atoms with Crippen LogP contribution in [0.2, 0.25) is 0 Å². The number of hydrogen-bond acceptors (Lipinski definition) is 3. The maximum atomic E-state index is 13.6.